The van der Waals surface area contributed by atoms with Crippen LogP contribution in [0.1, 0.15) is 24.8 Å². The van der Waals surface area contributed by atoms with E-state index in [0.29, 0.717) is 10.2 Å². The second kappa shape index (κ2) is 4.65. The van der Waals surface area contributed by atoms with Crippen molar-refractivity contribution in [2.45, 2.75) is 26.8 Å². The average Bonchev–Trinajstić information content (AvgIpc) is 2.63. The van der Waals surface area contributed by atoms with Crippen LogP contribution in [-0.2, 0) is 4.79 Å². The molecule has 2 N–H and O–H groups in total. The summed E-state index contributed by atoms with van der Waals surface area (Å²) in [5.41, 5.74) is -1.23. The number of hydrogen-bond acceptors (Lipinski definition) is 4. The Kier molecular flexibility index (Phi) is 3.32. The van der Waals surface area contributed by atoms with E-state index >= 15 is 0 Å². The number of carboxylic acid groups (broad SMARTS) is 1. The van der Waals surface area contributed by atoms with E-state index in [1.165, 1.54) is 11.3 Å². The van der Waals surface area contributed by atoms with E-state index in [0.717, 1.165) is 9.44 Å². The molecular weight excluding hydrogens is 268 g/mol. The van der Waals surface area contributed by atoms with Crippen LogP contribution in [0.5, 0.6) is 0 Å². The summed E-state index contributed by atoms with van der Waals surface area (Å²) in [6.45, 7) is 5.14. The Morgan fingerprint density at radius 1 is 1.42 bits per heavy atom. The van der Waals surface area contributed by atoms with Gasteiger partial charge in [-0.2, -0.15) is 0 Å². The maximum atomic E-state index is 12.3. The highest BCUT2D eigenvalue weighted by Gasteiger charge is 2.27. The maximum Gasteiger partial charge on any atom is 0.330 e. The van der Waals surface area contributed by atoms with Crippen LogP contribution in [0, 0.1) is 12.8 Å². The fraction of sp³-hybridized carbons (Fsp3) is 0.417. The number of aliphatic carboxylic acids is 1. The molecule has 0 bridgehead atoms. The molecule has 2 aromatic heterocycles. The molecule has 2 rings (SSSR count). The van der Waals surface area contributed by atoms with E-state index in [1.807, 2.05) is 6.92 Å². The summed E-state index contributed by atoms with van der Waals surface area (Å²) in [6.07, 6.45) is 0. The zero-order valence-electron chi connectivity index (χ0n) is 10.8. The molecule has 0 spiro atoms. The molecule has 0 aliphatic rings. The third-order valence-electron chi connectivity index (χ3n) is 2.91. The van der Waals surface area contributed by atoms with E-state index in [-0.39, 0.29) is 5.92 Å². The first kappa shape index (κ1) is 13.5. The van der Waals surface area contributed by atoms with Crippen molar-refractivity contribution in [1.82, 2.24) is 9.55 Å². The van der Waals surface area contributed by atoms with E-state index < -0.39 is 23.3 Å². The van der Waals surface area contributed by atoms with E-state index in [2.05, 4.69) is 4.98 Å². The second-order valence-electron chi connectivity index (χ2n) is 4.73. The molecule has 0 aromatic carbocycles. The Labute approximate surface area is 112 Å². The zero-order chi connectivity index (χ0) is 14.3. The van der Waals surface area contributed by atoms with Crippen molar-refractivity contribution in [3.05, 3.63) is 31.8 Å². The van der Waals surface area contributed by atoms with Crippen LogP contribution in [0.4, 0.5) is 0 Å². The van der Waals surface area contributed by atoms with Crippen LogP contribution in [0.3, 0.4) is 0 Å². The van der Waals surface area contributed by atoms with Crippen molar-refractivity contribution >= 4 is 27.5 Å². The molecule has 1 atom stereocenters. The Morgan fingerprint density at radius 2 is 2.05 bits per heavy atom. The highest BCUT2D eigenvalue weighted by molar-refractivity contribution is 7.18. The van der Waals surface area contributed by atoms with Crippen molar-refractivity contribution < 1.29 is 9.90 Å². The van der Waals surface area contributed by atoms with E-state index in [9.17, 15) is 19.5 Å². The normalized spacial score (nSPS) is 13.1. The molecule has 19 heavy (non-hydrogen) atoms. The topological polar surface area (TPSA) is 92.2 Å². The van der Waals surface area contributed by atoms with Gasteiger partial charge in [0.05, 0.1) is 5.39 Å². The third kappa shape index (κ3) is 2.21. The van der Waals surface area contributed by atoms with Gasteiger partial charge in [0.25, 0.3) is 5.56 Å². The monoisotopic (exact) mass is 282 g/mol. The predicted octanol–water partition coefficient (Wildman–Crippen LogP) is 1.34. The summed E-state index contributed by atoms with van der Waals surface area (Å²) < 4.78 is 0.793. The lowest BCUT2D eigenvalue weighted by Gasteiger charge is -2.17. The van der Waals surface area contributed by atoms with Crippen LogP contribution < -0.4 is 11.2 Å². The minimum Gasteiger partial charge on any atom is -0.480 e. The summed E-state index contributed by atoms with van der Waals surface area (Å²) in [5.74, 6) is -1.55. The Bertz CT molecular complexity index is 753. The number of fused-ring (bicyclic) bond motifs is 1. The molecule has 6 nitrogen and oxygen atoms in total. The van der Waals surface area contributed by atoms with Crippen molar-refractivity contribution in [3.63, 3.8) is 0 Å². The minimum absolute atomic E-state index is 0.356. The van der Waals surface area contributed by atoms with Gasteiger partial charge in [-0.1, -0.05) is 13.8 Å². The molecule has 102 valence electrons. The fourth-order valence-corrected chi connectivity index (χ4v) is 2.98. The van der Waals surface area contributed by atoms with Gasteiger partial charge < -0.3 is 5.11 Å². The highest BCUT2D eigenvalue weighted by Crippen LogP contribution is 2.20. The second-order valence-corrected chi connectivity index (χ2v) is 5.99. The molecule has 0 saturated carbocycles. The molecule has 0 amide bonds. The number of thiophene rings is 1. The molecule has 2 aromatic rings. The Morgan fingerprint density at radius 3 is 2.58 bits per heavy atom. The van der Waals surface area contributed by atoms with Crippen LogP contribution in [0.2, 0.25) is 0 Å². The fourth-order valence-electron chi connectivity index (χ4n) is 2.09. The number of nitrogens with one attached hydrogen (secondary N) is 1. The standard InChI is InChI=1S/C12H14N2O4S/c1-5(2)8(11(16)17)14-10(15)7-4-6(3)19-9(7)13-12(14)18/h4-5,8H,1-3H3,(H,13,18)(H,16,17). The van der Waals surface area contributed by atoms with Crippen LogP contribution >= 0.6 is 11.3 Å². The van der Waals surface area contributed by atoms with Gasteiger partial charge in [-0.15, -0.1) is 11.3 Å². The zero-order valence-corrected chi connectivity index (χ0v) is 11.6. The first-order valence-corrected chi connectivity index (χ1v) is 6.62. The van der Waals surface area contributed by atoms with Crippen molar-refractivity contribution in [1.29, 1.82) is 0 Å². The Hall–Kier alpha value is -1.89. The van der Waals surface area contributed by atoms with Crippen LogP contribution in [0.25, 0.3) is 10.2 Å². The maximum absolute atomic E-state index is 12.3. The lowest BCUT2D eigenvalue weighted by atomic mass is 10.0. The van der Waals surface area contributed by atoms with Crippen LogP contribution in [-0.4, -0.2) is 20.6 Å². The largest absolute Gasteiger partial charge is 0.480 e. The summed E-state index contributed by atoms with van der Waals surface area (Å²) in [5, 5.41) is 9.57. The minimum atomic E-state index is -1.19. The number of hydrogen-bond donors (Lipinski definition) is 2. The average molecular weight is 282 g/mol. The molecule has 0 aliphatic carbocycles. The van der Waals surface area contributed by atoms with Crippen molar-refractivity contribution in [2.75, 3.05) is 0 Å². The number of aromatic nitrogens is 2. The molecule has 1 unspecified atom stereocenters. The number of aromatic amines is 1. The summed E-state index contributed by atoms with van der Waals surface area (Å²) in [7, 11) is 0. The van der Waals surface area contributed by atoms with Gasteiger partial charge >= 0.3 is 11.7 Å². The molecule has 0 radical (unpaired) electrons. The molecule has 0 saturated heterocycles. The smallest absolute Gasteiger partial charge is 0.330 e. The number of nitrogens with zero attached hydrogens (tertiary/aromatic N) is 1. The third-order valence-corrected chi connectivity index (χ3v) is 3.87. The molecule has 0 aliphatic heterocycles. The number of aryl methyl sites for hydroxylation is 1. The van der Waals surface area contributed by atoms with Crippen molar-refractivity contribution in [3.8, 4) is 0 Å². The highest BCUT2D eigenvalue weighted by atomic mass is 32.1. The van der Waals surface area contributed by atoms with Crippen molar-refractivity contribution in [2.24, 2.45) is 5.92 Å². The van der Waals surface area contributed by atoms with Gasteiger partial charge in [0.1, 0.15) is 10.9 Å². The van der Waals surface area contributed by atoms with Gasteiger partial charge in [-0.3, -0.25) is 9.78 Å². The molecule has 7 heteroatoms. The van der Waals surface area contributed by atoms with Crippen LogP contribution in [0.15, 0.2) is 15.7 Å². The molecular formula is C12H14N2O4S. The van der Waals surface area contributed by atoms with E-state index in [4.69, 9.17) is 0 Å². The number of carbonyl (C=O) groups is 1. The quantitative estimate of drug-likeness (QED) is 0.888. The number of carboxylic acids is 1. The predicted molar refractivity (Wildman–Crippen MR) is 73.0 cm³/mol. The summed E-state index contributed by atoms with van der Waals surface area (Å²) >= 11 is 1.30. The van der Waals surface area contributed by atoms with Gasteiger partial charge in [0.2, 0.25) is 0 Å². The van der Waals surface area contributed by atoms with Gasteiger partial charge in [-0.05, 0) is 18.9 Å². The van der Waals surface area contributed by atoms with Gasteiger partial charge in [0.15, 0.2) is 0 Å². The van der Waals surface area contributed by atoms with Gasteiger partial charge in [-0.25, -0.2) is 14.2 Å². The SMILES string of the molecule is Cc1cc2c(=O)n(C(C(=O)O)C(C)C)c(=O)[nH]c2s1. The number of H-pyrrole nitrogens is 1. The van der Waals surface area contributed by atoms with Gasteiger partial charge in [0, 0.05) is 4.88 Å². The number of rotatable bonds is 3. The molecule has 0 fully saturated rings. The first-order valence-electron chi connectivity index (χ1n) is 5.80. The lowest BCUT2D eigenvalue weighted by Crippen LogP contribution is -2.42. The lowest BCUT2D eigenvalue weighted by molar-refractivity contribution is -0.142. The first-order chi connectivity index (χ1) is 8.82. The summed E-state index contributed by atoms with van der Waals surface area (Å²) in [4.78, 5) is 39.5. The summed E-state index contributed by atoms with van der Waals surface area (Å²) in [6, 6.07) is 0.495. The van der Waals surface area contributed by atoms with E-state index in [1.54, 1.807) is 19.9 Å². The molecule has 2 heterocycles. The Balaban J connectivity index is 2.83.